The number of hydrogen-bond donors (Lipinski definition) is 0. The molecular formula is C23H25N5O2. The van der Waals surface area contributed by atoms with Crippen LogP contribution in [0.25, 0.3) is 21.8 Å². The molecule has 5 rings (SSSR count). The molecule has 1 fully saturated rings. The van der Waals surface area contributed by atoms with Crippen molar-refractivity contribution in [2.45, 2.75) is 25.5 Å². The van der Waals surface area contributed by atoms with Crippen LogP contribution in [0.3, 0.4) is 0 Å². The fraction of sp³-hybridized carbons (Fsp3) is 0.348. The average Bonchev–Trinajstić information content (AvgIpc) is 3.22. The summed E-state index contributed by atoms with van der Waals surface area (Å²) in [7, 11) is 1.73. The van der Waals surface area contributed by atoms with Crippen molar-refractivity contribution < 1.29 is 9.47 Å². The molecular weight excluding hydrogens is 378 g/mol. The van der Waals surface area contributed by atoms with Gasteiger partial charge in [0.25, 0.3) is 0 Å². The molecule has 1 aliphatic heterocycles. The molecule has 1 saturated heterocycles. The van der Waals surface area contributed by atoms with Gasteiger partial charge >= 0.3 is 0 Å². The number of hydrogen-bond acceptors (Lipinski definition) is 6. The first-order valence-electron chi connectivity index (χ1n) is 10.4. The third kappa shape index (κ3) is 3.57. The second-order valence-electron chi connectivity index (χ2n) is 7.59. The summed E-state index contributed by atoms with van der Waals surface area (Å²) in [6.07, 6.45) is 9.42. The number of benzene rings is 1. The van der Waals surface area contributed by atoms with Crippen molar-refractivity contribution in [2.75, 3.05) is 31.7 Å². The number of rotatable bonds is 6. The first-order chi connectivity index (χ1) is 14.8. The normalized spacial score (nSPS) is 15.2. The van der Waals surface area contributed by atoms with Gasteiger partial charge in [0.2, 0.25) is 0 Å². The highest BCUT2D eigenvalue weighted by Gasteiger charge is 2.23. The highest BCUT2D eigenvalue weighted by Crippen LogP contribution is 2.30. The van der Waals surface area contributed by atoms with Crippen molar-refractivity contribution in [2.24, 2.45) is 0 Å². The van der Waals surface area contributed by atoms with Crippen LogP contribution >= 0.6 is 0 Å². The molecule has 7 nitrogen and oxygen atoms in total. The molecule has 0 saturated carbocycles. The lowest BCUT2D eigenvalue weighted by Crippen LogP contribution is -2.38. The monoisotopic (exact) mass is 403 g/mol. The van der Waals surface area contributed by atoms with Crippen LogP contribution < -0.4 is 9.64 Å². The van der Waals surface area contributed by atoms with Crippen LogP contribution in [-0.2, 0) is 11.3 Å². The number of aromatic nitrogens is 4. The number of anilines is 1. The minimum absolute atomic E-state index is 0.198. The minimum Gasteiger partial charge on any atom is -0.490 e. The molecule has 0 amide bonds. The molecule has 154 valence electrons. The first kappa shape index (κ1) is 18.8. The molecule has 0 atom stereocenters. The van der Waals surface area contributed by atoms with Gasteiger partial charge in [-0.3, -0.25) is 4.98 Å². The van der Waals surface area contributed by atoms with Crippen LogP contribution in [0.4, 0.5) is 5.82 Å². The van der Waals surface area contributed by atoms with Crippen LogP contribution in [0.2, 0.25) is 0 Å². The molecule has 7 heteroatoms. The Bertz CT molecular complexity index is 1150. The Labute approximate surface area is 175 Å². The molecule has 0 aliphatic carbocycles. The summed E-state index contributed by atoms with van der Waals surface area (Å²) in [6.45, 7) is 3.35. The van der Waals surface area contributed by atoms with Crippen LogP contribution in [0.15, 0.2) is 55.2 Å². The fourth-order valence-electron chi connectivity index (χ4n) is 4.19. The molecule has 30 heavy (non-hydrogen) atoms. The number of methoxy groups -OCH3 is 1. The van der Waals surface area contributed by atoms with E-state index in [1.165, 1.54) is 5.52 Å². The number of piperidine rings is 1. The summed E-state index contributed by atoms with van der Waals surface area (Å²) < 4.78 is 13.9. The third-order valence-corrected chi connectivity index (χ3v) is 5.76. The zero-order chi connectivity index (χ0) is 20.3. The number of ether oxygens (including phenoxy) is 2. The Morgan fingerprint density at radius 3 is 2.83 bits per heavy atom. The van der Waals surface area contributed by atoms with E-state index in [1.54, 1.807) is 25.8 Å². The standard InChI is InChI=1S/C23H25N5O2/c1-29-14-13-27-12-8-19-21(27)3-2-4-22(19)30-17-6-10-28(11-7-17)23-18-5-9-24-15-20(18)25-16-26-23/h2-5,8-9,12,15-17H,6-7,10-11,13-14H2,1H3. The molecule has 3 aromatic heterocycles. The number of pyridine rings is 1. The van der Waals surface area contributed by atoms with Crippen molar-refractivity contribution in [3.63, 3.8) is 0 Å². The van der Waals surface area contributed by atoms with Gasteiger partial charge in [0.15, 0.2) is 0 Å². The summed E-state index contributed by atoms with van der Waals surface area (Å²) in [4.78, 5) is 15.4. The molecule has 0 unspecified atom stereocenters. The molecule has 4 heterocycles. The van der Waals surface area contributed by atoms with Crippen LogP contribution in [-0.4, -0.2) is 52.4 Å². The average molecular weight is 403 g/mol. The van der Waals surface area contributed by atoms with Gasteiger partial charge in [-0.1, -0.05) is 6.07 Å². The van der Waals surface area contributed by atoms with Gasteiger partial charge in [0.1, 0.15) is 24.0 Å². The lowest BCUT2D eigenvalue weighted by Gasteiger charge is -2.33. The van der Waals surface area contributed by atoms with E-state index in [0.717, 1.165) is 60.3 Å². The maximum absolute atomic E-state index is 6.44. The molecule has 0 radical (unpaired) electrons. The van der Waals surface area contributed by atoms with Gasteiger partial charge in [-0.15, -0.1) is 0 Å². The van der Waals surface area contributed by atoms with E-state index >= 15 is 0 Å². The first-order valence-corrected chi connectivity index (χ1v) is 10.4. The van der Waals surface area contributed by atoms with Gasteiger partial charge in [-0.2, -0.15) is 0 Å². The molecule has 1 aliphatic rings. The Balaban J connectivity index is 1.29. The van der Waals surface area contributed by atoms with Gasteiger partial charge in [-0.05, 0) is 24.3 Å². The van der Waals surface area contributed by atoms with Crippen molar-refractivity contribution in [1.82, 2.24) is 19.5 Å². The maximum atomic E-state index is 6.44. The predicted octanol–water partition coefficient (Wildman–Crippen LogP) is 3.67. The number of nitrogens with zero attached hydrogens (tertiary/aromatic N) is 5. The van der Waals surface area contributed by atoms with Crippen molar-refractivity contribution in [1.29, 1.82) is 0 Å². The van der Waals surface area contributed by atoms with Gasteiger partial charge < -0.3 is 18.9 Å². The summed E-state index contributed by atoms with van der Waals surface area (Å²) in [5.74, 6) is 1.94. The Kier molecular flexibility index (Phi) is 5.19. The predicted molar refractivity (Wildman–Crippen MR) is 117 cm³/mol. The van der Waals surface area contributed by atoms with Crippen LogP contribution in [0, 0.1) is 0 Å². The fourth-order valence-corrected chi connectivity index (χ4v) is 4.19. The lowest BCUT2D eigenvalue weighted by molar-refractivity contribution is 0.173. The topological polar surface area (TPSA) is 65.3 Å². The van der Waals surface area contributed by atoms with Crippen molar-refractivity contribution >= 4 is 27.6 Å². The summed E-state index contributed by atoms with van der Waals surface area (Å²) in [5.41, 5.74) is 2.06. The minimum atomic E-state index is 0.198. The SMILES string of the molecule is COCCn1ccc2c(OC3CCN(c4ncnc5cnccc45)CC3)cccc21. The van der Waals surface area contributed by atoms with E-state index in [9.17, 15) is 0 Å². The number of fused-ring (bicyclic) bond motifs is 2. The zero-order valence-electron chi connectivity index (χ0n) is 17.1. The molecule has 0 N–H and O–H groups in total. The lowest BCUT2D eigenvalue weighted by atomic mass is 10.1. The van der Waals surface area contributed by atoms with Crippen molar-refractivity contribution in [3.8, 4) is 5.75 Å². The van der Waals surface area contributed by atoms with E-state index in [0.29, 0.717) is 6.61 Å². The second kappa shape index (κ2) is 8.28. The molecule has 4 aromatic rings. The smallest absolute Gasteiger partial charge is 0.139 e. The van der Waals surface area contributed by atoms with E-state index in [2.05, 4.69) is 54.9 Å². The summed E-state index contributed by atoms with van der Waals surface area (Å²) in [6, 6.07) is 10.4. The summed E-state index contributed by atoms with van der Waals surface area (Å²) >= 11 is 0. The quantitative estimate of drug-likeness (QED) is 0.489. The molecule has 0 bridgehead atoms. The maximum Gasteiger partial charge on any atom is 0.139 e. The highest BCUT2D eigenvalue weighted by molar-refractivity contribution is 5.88. The Morgan fingerprint density at radius 1 is 1.07 bits per heavy atom. The molecule has 1 aromatic carbocycles. The second-order valence-corrected chi connectivity index (χ2v) is 7.59. The summed E-state index contributed by atoms with van der Waals surface area (Å²) in [5, 5.41) is 2.21. The van der Waals surface area contributed by atoms with Crippen LogP contribution in [0.5, 0.6) is 5.75 Å². The Hall–Kier alpha value is -3.19. The van der Waals surface area contributed by atoms with Crippen LogP contribution in [0.1, 0.15) is 12.8 Å². The Morgan fingerprint density at radius 2 is 1.97 bits per heavy atom. The van der Waals surface area contributed by atoms with Gasteiger partial charge in [0, 0.05) is 62.8 Å². The highest BCUT2D eigenvalue weighted by atomic mass is 16.5. The van der Waals surface area contributed by atoms with E-state index in [4.69, 9.17) is 9.47 Å². The largest absolute Gasteiger partial charge is 0.490 e. The van der Waals surface area contributed by atoms with Crippen molar-refractivity contribution in [3.05, 3.63) is 55.2 Å². The van der Waals surface area contributed by atoms with E-state index in [-0.39, 0.29) is 6.10 Å². The van der Waals surface area contributed by atoms with Gasteiger partial charge in [0.05, 0.1) is 23.8 Å². The van der Waals surface area contributed by atoms with E-state index in [1.807, 2.05) is 6.07 Å². The van der Waals surface area contributed by atoms with Gasteiger partial charge in [-0.25, -0.2) is 9.97 Å². The third-order valence-electron chi connectivity index (χ3n) is 5.76. The molecule has 0 spiro atoms. The zero-order valence-corrected chi connectivity index (χ0v) is 17.1. The van der Waals surface area contributed by atoms with E-state index < -0.39 is 0 Å².